The number of hydrogen-bond acceptors (Lipinski definition) is 3. The summed E-state index contributed by atoms with van der Waals surface area (Å²) in [5.41, 5.74) is 4.65. The number of H-pyrrole nitrogens is 1. The van der Waals surface area contributed by atoms with Gasteiger partial charge in [0.1, 0.15) is 30.1 Å². The fourth-order valence-corrected chi connectivity index (χ4v) is 3.76. The van der Waals surface area contributed by atoms with Crippen LogP contribution in [0.25, 0.3) is 22.7 Å². The van der Waals surface area contributed by atoms with Gasteiger partial charge in [-0.3, -0.25) is 0 Å². The molecule has 0 saturated carbocycles. The summed E-state index contributed by atoms with van der Waals surface area (Å²) in [6.45, 7) is 2.17. The Morgan fingerprint density at radius 2 is 2.03 bits per heavy atom. The van der Waals surface area contributed by atoms with E-state index in [4.69, 9.17) is 4.74 Å². The van der Waals surface area contributed by atoms with Crippen LogP contribution in [0.4, 0.5) is 4.39 Å². The van der Waals surface area contributed by atoms with Gasteiger partial charge in [-0.25, -0.2) is 9.37 Å². The highest BCUT2D eigenvalue weighted by Crippen LogP contribution is 2.26. The molecule has 3 aromatic carbocycles. The number of nitrogens with one attached hydrogen (secondary N) is 1. The molecule has 0 amide bonds. The van der Waals surface area contributed by atoms with Crippen LogP contribution < -0.4 is 4.74 Å². The minimum Gasteiger partial charge on any atom is -0.488 e. The van der Waals surface area contributed by atoms with Crippen molar-refractivity contribution >= 4 is 45.3 Å². The van der Waals surface area contributed by atoms with Crippen LogP contribution in [0.2, 0.25) is 0 Å². The summed E-state index contributed by atoms with van der Waals surface area (Å²) in [5.74, 6) is 0.911. The molecule has 148 valence electrons. The Kier molecular flexibility index (Phi) is 5.81. The second-order valence-electron chi connectivity index (χ2n) is 6.85. The Labute approximate surface area is 187 Å². The molecule has 1 N–H and O–H groups in total. The average Bonchev–Trinajstić information content (AvgIpc) is 3.15. The van der Waals surface area contributed by atoms with E-state index in [1.807, 2.05) is 43.3 Å². The Balaban J connectivity index is 1.57. The number of imidazole rings is 1. The predicted molar refractivity (Wildman–Crippen MR) is 124 cm³/mol. The first kappa shape index (κ1) is 20.1. The first-order chi connectivity index (χ1) is 14.5. The maximum Gasteiger partial charge on any atom is 0.149 e. The number of rotatable bonds is 5. The number of aryl methyl sites for hydroxylation is 1. The molecule has 0 aliphatic heterocycles. The lowest BCUT2D eigenvalue weighted by Crippen LogP contribution is -1.99. The molecule has 0 spiro atoms. The molecule has 0 saturated heterocycles. The van der Waals surface area contributed by atoms with Gasteiger partial charge in [0.05, 0.1) is 20.2 Å². The second kappa shape index (κ2) is 8.67. The van der Waals surface area contributed by atoms with Crippen molar-refractivity contribution < 1.29 is 9.13 Å². The van der Waals surface area contributed by atoms with Gasteiger partial charge in [-0.2, -0.15) is 5.26 Å². The van der Waals surface area contributed by atoms with E-state index in [1.54, 1.807) is 24.3 Å². The summed E-state index contributed by atoms with van der Waals surface area (Å²) >= 11 is 2.17. The van der Waals surface area contributed by atoms with Crippen molar-refractivity contribution in [3.8, 4) is 11.8 Å². The van der Waals surface area contributed by atoms with Crippen LogP contribution in [0.1, 0.15) is 22.5 Å². The fraction of sp³-hybridized carbons (Fsp3) is 0.0833. The third kappa shape index (κ3) is 4.36. The quantitative estimate of drug-likeness (QED) is 0.255. The predicted octanol–water partition coefficient (Wildman–Crippen LogP) is 6.26. The number of benzene rings is 3. The van der Waals surface area contributed by atoms with Crippen LogP contribution in [0.5, 0.6) is 5.75 Å². The van der Waals surface area contributed by atoms with E-state index in [2.05, 4.69) is 38.6 Å². The second-order valence-corrected chi connectivity index (χ2v) is 8.01. The molecule has 0 aliphatic carbocycles. The van der Waals surface area contributed by atoms with E-state index in [0.717, 1.165) is 25.7 Å². The summed E-state index contributed by atoms with van der Waals surface area (Å²) in [5, 5.41) is 9.64. The van der Waals surface area contributed by atoms with Gasteiger partial charge in [0.2, 0.25) is 0 Å². The minimum absolute atomic E-state index is 0.152. The molecule has 1 heterocycles. The zero-order valence-electron chi connectivity index (χ0n) is 16.1. The van der Waals surface area contributed by atoms with Crippen LogP contribution in [-0.4, -0.2) is 9.97 Å². The molecule has 6 heteroatoms. The molecule has 0 unspecified atom stereocenters. The van der Waals surface area contributed by atoms with Crippen LogP contribution in [0.15, 0.2) is 60.7 Å². The van der Waals surface area contributed by atoms with Crippen molar-refractivity contribution in [1.82, 2.24) is 9.97 Å². The molecule has 1 aromatic heterocycles. The summed E-state index contributed by atoms with van der Waals surface area (Å²) in [4.78, 5) is 7.74. The third-order valence-electron chi connectivity index (χ3n) is 4.62. The topological polar surface area (TPSA) is 61.7 Å². The Morgan fingerprint density at radius 3 is 2.80 bits per heavy atom. The first-order valence-electron chi connectivity index (χ1n) is 9.28. The van der Waals surface area contributed by atoms with Crippen LogP contribution in [0, 0.1) is 27.6 Å². The number of allylic oxidation sites excluding steroid dienone is 1. The van der Waals surface area contributed by atoms with E-state index >= 15 is 0 Å². The summed E-state index contributed by atoms with van der Waals surface area (Å²) in [6, 6.07) is 20.3. The fourth-order valence-electron chi connectivity index (χ4n) is 3.07. The zero-order chi connectivity index (χ0) is 21.1. The molecular weight excluding hydrogens is 492 g/mol. The van der Waals surface area contributed by atoms with Gasteiger partial charge in [-0.15, -0.1) is 0 Å². The van der Waals surface area contributed by atoms with Crippen LogP contribution in [-0.2, 0) is 6.61 Å². The molecule has 0 fully saturated rings. The number of ether oxygens (including phenoxy) is 1. The van der Waals surface area contributed by atoms with Crippen molar-refractivity contribution in [3.63, 3.8) is 0 Å². The van der Waals surface area contributed by atoms with Crippen LogP contribution in [0.3, 0.4) is 0 Å². The molecule has 4 aromatic rings. The number of aromatic amines is 1. The van der Waals surface area contributed by atoms with Gasteiger partial charge in [-0.1, -0.05) is 30.3 Å². The summed E-state index contributed by atoms with van der Waals surface area (Å²) < 4.78 is 20.4. The largest absolute Gasteiger partial charge is 0.488 e. The standard InChI is InChI=1S/C24H17FIN3O/c1-15-6-8-21-22(10-15)29-24(28-21)18(13-27)11-16-7-9-23(20(26)12-16)30-14-17-4-2-3-5-19(17)25/h2-12H,14H2,1H3,(H,28,29)/b18-11-. The molecule has 0 aliphatic rings. The van der Waals surface area contributed by atoms with Gasteiger partial charge in [0.15, 0.2) is 0 Å². The lowest BCUT2D eigenvalue weighted by atomic mass is 10.1. The highest BCUT2D eigenvalue weighted by molar-refractivity contribution is 14.1. The summed E-state index contributed by atoms with van der Waals surface area (Å²) in [7, 11) is 0. The molecule has 0 atom stereocenters. The number of halogens is 2. The van der Waals surface area contributed by atoms with Gasteiger partial charge in [-0.05, 0) is 77.0 Å². The third-order valence-corrected chi connectivity index (χ3v) is 5.46. The average molecular weight is 509 g/mol. The molecule has 4 nitrogen and oxygen atoms in total. The Hall–Kier alpha value is -3.18. The smallest absolute Gasteiger partial charge is 0.149 e. The summed E-state index contributed by atoms with van der Waals surface area (Å²) in [6.07, 6.45) is 1.79. The molecular formula is C24H17FIN3O. The van der Waals surface area contributed by atoms with Crippen molar-refractivity contribution in [1.29, 1.82) is 5.26 Å². The van der Waals surface area contributed by atoms with Crippen molar-refractivity contribution in [2.45, 2.75) is 13.5 Å². The number of nitriles is 1. The van der Waals surface area contributed by atoms with E-state index in [-0.39, 0.29) is 12.4 Å². The maximum atomic E-state index is 13.8. The van der Waals surface area contributed by atoms with E-state index in [9.17, 15) is 9.65 Å². The maximum absolute atomic E-state index is 13.8. The van der Waals surface area contributed by atoms with Crippen molar-refractivity contribution in [2.75, 3.05) is 0 Å². The van der Waals surface area contributed by atoms with Gasteiger partial charge in [0.25, 0.3) is 0 Å². The number of aromatic nitrogens is 2. The molecule has 0 bridgehead atoms. The van der Waals surface area contributed by atoms with Gasteiger partial charge in [0, 0.05) is 5.56 Å². The van der Waals surface area contributed by atoms with Crippen LogP contribution >= 0.6 is 22.6 Å². The number of fused-ring (bicyclic) bond motifs is 1. The van der Waals surface area contributed by atoms with E-state index < -0.39 is 0 Å². The molecule has 0 radical (unpaired) electrons. The van der Waals surface area contributed by atoms with Gasteiger partial charge < -0.3 is 9.72 Å². The first-order valence-corrected chi connectivity index (χ1v) is 10.4. The lowest BCUT2D eigenvalue weighted by Gasteiger charge is -2.09. The lowest BCUT2D eigenvalue weighted by molar-refractivity contribution is 0.297. The van der Waals surface area contributed by atoms with E-state index in [0.29, 0.717) is 22.7 Å². The Bertz CT molecular complexity index is 1300. The van der Waals surface area contributed by atoms with Gasteiger partial charge >= 0.3 is 0 Å². The highest BCUT2D eigenvalue weighted by atomic mass is 127. The molecule has 30 heavy (non-hydrogen) atoms. The monoisotopic (exact) mass is 509 g/mol. The van der Waals surface area contributed by atoms with E-state index in [1.165, 1.54) is 6.07 Å². The van der Waals surface area contributed by atoms with Crippen molar-refractivity contribution in [2.24, 2.45) is 0 Å². The SMILES string of the molecule is Cc1ccc2nc(/C(C#N)=C\c3ccc(OCc4ccccc4F)c(I)c3)[nH]c2c1. The Morgan fingerprint density at radius 1 is 1.20 bits per heavy atom. The normalized spacial score (nSPS) is 11.5. The highest BCUT2D eigenvalue weighted by Gasteiger charge is 2.10. The minimum atomic E-state index is -0.285. The van der Waals surface area contributed by atoms with Crippen molar-refractivity contribution in [3.05, 3.63) is 92.6 Å². The number of nitrogens with zero attached hydrogens (tertiary/aromatic N) is 2. The zero-order valence-corrected chi connectivity index (χ0v) is 18.3. The molecule has 4 rings (SSSR count). The number of hydrogen-bond donors (Lipinski definition) is 1.